The molecule has 4 aromatic heterocycles. The van der Waals surface area contributed by atoms with Gasteiger partial charge in [0.25, 0.3) is 0 Å². The van der Waals surface area contributed by atoms with E-state index in [1.165, 1.54) is 173 Å². The van der Waals surface area contributed by atoms with Crippen LogP contribution in [0.5, 0.6) is 0 Å². The van der Waals surface area contributed by atoms with Gasteiger partial charge in [0, 0.05) is 147 Å². The number of para-hydroxylation sites is 2. The summed E-state index contributed by atoms with van der Waals surface area (Å²) in [5, 5.41) is 37.1. The van der Waals surface area contributed by atoms with Gasteiger partial charge in [-0.2, -0.15) is 57.1 Å². The van der Waals surface area contributed by atoms with E-state index in [1.807, 2.05) is 65.1 Å². The number of benzene rings is 12. The van der Waals surface area contributed by atoms with Crippen molar-refractivity contribution in [2.24, 2.45) is 16.8 Å². The summed E-state index contributed by atoms with van der Waals surface area (Å²) >= 11 is 0. The summed E-state index contributed by atoms with van der Waals surface area (Å²) in [7, 11) is 0. The summed E-state index contributed by atoms with van der Waals surface area (Å²) in [5.41, 5.74) is 35.8. The summed E-state index contributed by atoms with van der Waals surface area (Å²) < 4.78 is 4.78. The van der Waals surface area contributed by atoms with E-state index >= 15 is 0 Å². The fourth-order valence-corrected chi connectivity index (χ4v) is 16.3. The van der Waals surface area contributed by atoms with Gasteiger partial charge >= 0.3 is 0 Å². The first-order chi connectivity index (χ1) is 62.0. The van der Waals surface area contributed by atoms with Crippen molar-refractivity contribution < 1.29 is 99.2 Å². The average molecular weight is 2270 g/mol. The van der Waals surface area contributed by atoms with Gasteiger partial charge in [0.1, 0.15) is 0 Å². The van der Waals surface area contributed by atoms with Gasteiger partial charge in [0.2, 0.25) is 16.9 Å². The van der Waals surface area contributed by atoms with Gasteiger partial charge in [-0.15, -0.1) is 63.7 Å². The summed E-state index contributed by atoms with van der Waals surface area (Å²) in [6.07, 6.45) is 7.72. The molecule has 3 radical (unpaired) electrons. The van der Waals surface area contributed by atoms with E-state index in [1.54, 1.807) is 0 Å². The zero-order chi connectivity index (χ0) is 91.7. The van der Waals surface area contributed by atoms with Crippen molar-refractivity contribution in [1.82, 2.24) is 9.97 Å². The number of nitrogens with zero attached hydrogens (tertiary/aromatic N) is 6. The Morgan fingerprint density at radius 2 is 1.01 bits per heavy atom. The largest absolute Gasteiger partial charge is 0.680 e. The van der Waals surface area contributed by atoms with Gasteiger partial charge in [-0.3, -0.25) is 29.3 Å². The number of rotatable bonds is 9. The summed E-state index contributed by atoms with van der Waals surface area (Å²) in [5.74, 6) is 0.0356. The monoisotopic (exact) mass is 2270 g/mol. The van der Waals surface area contributed by atoms with Crippen molar-refractivity contribution in [3.05, 3.63) is 430 Å². The molecule has 1 unspecified atom stereocenters. The molecular weight excluding hydrogens is 2160 g/mol. The van der Waals surface area contributed by atoms with Crippen LogP contribution in [0, 0.1) is 72.4 Å². The molecular formula is C117H110Ir3N6O6-2. The second-order valence-corrected chi connectivity index (χ2v) is 33.8. The topological polar surface area (TPSA) is 172 Å². The van der Waals surface area contributed by atoms with Crippen LogP contribution in [0.3, 0.4) is 0 Å². The Bertz CT molecular complexity index is 7000. The van der Waals surface area contributed by atoms with Crippen molar-refractivity contribution in [2.75, 3.05) is 0 Å². The van der Waals surface area contributed by atoms with Crippen LogP contribution in [0.1, 0.15) is 130 Å². The van der Waals surface area contributed by atoms with Crippen LogP contribution in [-0.2, 0) is 87.8 Å². The fourth-order valence-electron chi connectivity index (χ4n) is 16.3. The van der Waals surface area contributed by atoms with Gasteiger partial charge in [-0.25, -0.2) is 0 Å². The first-order valence-corrected chi connectivity index (χ1v) is 43.7. The normalized spacial score (nSPS) is 12.5. The Labute approximate surface area is 817 Å². The van der Waals surface area contributed by atoms with Crippen LogP contribution < -0.4 is 9.13 Å². The number of aliphatic hydroxyl groups is 3. The van der Waals surface area contributed by atoms with Crippen LogP contribution in [0.25, 0.3) is 127 Å². The van der Waals surface area contributed by atoms with Crippen LogP contribution in [0.4, 0.5) is 0 Å². The predicted molar refractivity (Wildman–Crippen MR) is 531 cm³/mol. The maximum Gasteiger partial charge on any atom is 0.221 e. The number of fused-ring (bicyclic) bond motifs is 18. The third-order valence-corrected chi connectivity index (χ3v) is 22.4. The van der Waals surface area contributed by atoms with Gasteiger partial charge < -0.3 is 20.6 Å². The van der Waals surface area contributed by atoms with Crippen molar-refractivity contribution in [3.8, 4) is 78.4 Å². The van der Waals surface area contributed by atoms with E-state index in [0.717, 1.165) is 80.3 Å². The molecule has 15 heteroatoms. The molecule has 12 nitrogen and oxygen atoms in total. The smallest absolute Gasteiger partial charge is 0.221 e. The minimum Gasteiger partial charge on any atom is -0.680 e. The van der Waals surface area contributed by atoms with E-state index in [2.05, 4.69) is 343 Å². The Kier molecular flexibility index (Phi) is 35.7. The molecule has 12 aromatic carbocycles. The Balaban J connectivity index is 0.000000162. The molecule has 0 amide bonds. The van der Waals surface area contributed by atoms with Crippen molar-refractivity contribution in [3.63, 3.8) is 0 Å². The van der Waals surface area contributed by atoms with Crippen LogP contribution in [-0.4, -0.2) is 48.3 Å². The van der Waals surface area contributed by atoms with Crippen LogP contribution in [0.2, 0.25) is 0 Å². The number of hydrogen-bond donors (Lipinski definition) is 3. The molecule has 0 fully saturated rings. The third kappa shape index (κ3) is 25.4. The summed E-state index contributed by atoms with van der Waals surface area (Å²) in [4.78, 5) is 45.5. The molecule has 20 rings (SSSR count). The molecule has 673 valence electrons. The van der Waals surface area contributed by atoms with E-state index < -0.39 is 0 Å². The van der Waals surface area contributed by atoms with E-state index in [9.17, 15) is 19.5 Å². The molecule has 0 spiro atoms. The molecule has 132 heavy (non-hydrogen) atoms. The van der Waals surface area contributed by atoms with Crippen molar-refractivity contribution in [2.45, 2.75) is 123 Å². The summed E-state index contributed by atoms with van der Waals surface area (Å²) in [6, 6.07) is 110. The number of aliphatic hydroxyl groups excluding tert-OH is 3. The van der Waals surface area contributed by atoms with E-state index in [0.29, 0.717) is 0 Å². The first-order valence-electron chi connectivity index (χ1n) is 43.7. The number of ketones is 3. The molecule has 1 aliphatic carbocycles. The Morgan fingerprint density at radius 3 is 1.64 bits per heavy atom. The second-order valence-electron chi connectivity index (χ2n) is 33.8. The summed E-state index contributed by atoms with van der Waals surface area (Å²) in [6.45, 7) is 33.9. The minimum atomic E-state index is -0.125. The van der Waals surface area contributed by atoms with Crippen molar-refractivity contribution >= 4 is 66.5 Å². The number of aromatic nitrogens is 4. The van der Waals surface area contributed by atoms with Gasteiger partial charge in [0.15, 0.2) is 36.6 Å². The Morgan fingerprint density at radius 1 is 0.455 bits per heavy atom. The number of aliphatic imine (C=N–C) groups is 1. The number of carbonyl (C=O) groups is 3. The zero-order valence-electron chi connectivity index (χ0n) is 77.2. The number of hydrogen-bond acceptors (Lipinski definition) is 9. The number of aryl methyl sites for hydroxylation is 6. The number of allylic oxidation sites excluding steroid dienone is 7. The Hall–Kier alpha value is -13.1. The minimum absolute atomic E-state index is 0. The maximum atomic E-state index is 11.0. The second kappa shape index (κ2) is 46.6. The SMILES string of the molecule is CC(=O)C=C(C)O.CC(=O)C=C(C)O.CC(C)C(=O)C=C(O)C(C)C.CC1=C[N-]C2C(=N1)c1ccc(-c3ccccc3)cc1-c1cc(-c3ccccc3)c[c-]c12.Cc1[c-]c(-c2ccc3ccccc3n2)cc(C)c1.Cc1cc2ccccc2[n+]2c1-c1ccccc1C2.[CH2-]c1c(C)cc(C)cc1-c1ccc2ccc(C)cc2n1.[Ir].[Ir].[Ir].c1ccc2c(c1)C[n+]1ccc3ccccc3c1-2. The molecule has 0 bridgehead atoms. The van der Waals surface area contributed by atoms with Crippen LogP contribution in [0.15, 0.2) is 350 Å². The quantitative estimate of drug-likeness (QED) is 0.0554. The molecule has 7 heterocycles. The van der Waals surface area contributed by atoms with E-state index in [4.69, 9.17) is 30.5 Å². The van der Waals surface area contributed by atoms with Crippen LogP contribution >= 0.6 is 0 Å². The van der Waals surface area contributed by atoms with Gasteiger partial charge in [-0.05, 0) is 143 Å². The van der Waals surface area contributed by atoms with E-state index in [-0.39, 0.29) is 113 Å². The van der Waals surface area contributed by atoms with Gasteiger partial charge in [-0.1, -0.05) is 265 Å². The number of carbonyl (C=O) groups excluding carboxylic acids is 3. The molecule has 3 N–H and O–H groups in total. The van der Waals surface area contributed by atoms with Crippen molar-refractivity contribution in [1.29, 1.82) is 0 Å². The maximum absolute atomic E-state index is 11.0. The fraction of sp³-hybridized carbons (Fsp3) is 0.171. The standard InChI is InChI=1S/C29H20N2.C19H18N.2C17H14N.C16H12N.C9H16O2.2C5H8O2.3Ir/c1-19-18-30-28-24-14-12-22(20-8-4-2-5-9-20)16-26(24)27-17-23(21-10-6-3-7-11-21)13-15-25(27)29(28)31-19;1-12-5-6-16-7-8-18(20-19(16)11-12)17-10-13(2)9-14(3)15(17)4;1-12-10-13-6-3-5-9-16(13)18-11-14-7-2-4-8-15(14)17(12)18;1-12-9-13(2)11-15(10-12)17-8-7-14-5-3-4-6-16(14)18-17;1-3-7-14-12(5-1)9-10-17-11-13-6-2-4-8-15(13)16(14)17;1-6(2)8(10)5-9(11)7(3)4;2*1-4(6)3-5(2)7;;;/h2-13,15-18,28H,1H3;5-11H,4H2,1-3H3;2-10H,11H2,1H3;3-10H,1-2H3;1-10H,11H2;5-7,10H,1-4H3;2*3,6H,1-2H3;;;/q-2;-1;+1;-1;+1;;;;;;. The first kappa shape index (κ1) is 101. The molecule has 0 saturated heterocycles. The zero-order valence-corrected chi connectivity index (χ0v) is 84.4. The molecule has 3 aliphatic heterocycles. The average Bonchev–Trinajstić information content (AvgIpc) is 0.952. The molecule has 4 aliphatic rings. The third-order valence-electron chi connectivity index (χ3n) is 22.4. The number of pyridine rings is 4. The molecule has 16 aromatic rings. The predicted octanol–water partition coefficient (Wildman–Crippen LogP) is 27.9. The molecule has 0 saturated carbocycles. The molecule has 1 atom stereocenters. The van der Waals surface area contributed by atoms with Gasteiger partial charge in [0.05, 0.1) is 44.8 Å².